The summed E-state index contributed by atoms with van der Waals surface area (Å²) in [6, 6.07) is 15.6. The molecule has 0 aliphatic heterocycles. The molecule has 0 unspecified atom stereocenters. The van der Waals surface area contributed by atoms with Crippen LogP contribution in [0, 0.1) is 0 Å². The average Bonchev–Trinajstić information content (AvgIpc) is 2.66. The Hall–Kier alpha value is -2.82. The van der Waals surface area contributed by atoms with Crippen LogP contribution in [0.1, 0.15) is 66.7 Å². The van der Waals surface area contributed by atoms with Crippen molar-refractivity contribution in [3.63, 3.8) is 0 Å². The Kier molecular flexibility index (Phi) is 6.02. The van der Waals surface area contributed by atoms with Crippen molar-refractivity contribution in [2.45, 2.75) is 58.2 Å². The second-order valence-corrected chi connectivity index (χ2v) is 8.17. The van der Waals surface area contributed by atoms with Crippen LogP contribution in [-0.2, 0) is 17.7 Å². The first-order valence-corrected chi connectivity index (χ1v) is 9.76. The van der Waals surface area contributed by atoms with Crippen LogP contribution >= 0.6 is 0 Å². The molecular formula is C23H28N2O3. The van der Waals surface area contributed by atoms with Gasteiger partial charge in [0.2, 0.25) is 0 Å². The van der Waals surface area contributed by atoms with Gasteiger partial charge in [0.1, 0.15) is 5.60 Å². The Morgan fingerprint density at radius 3 is 2.50 bits per heavy atom. The van der Waals surface area contributed by atoms with Crippen molar-refractivity contribution in [2.75, 3.05) is 0 Å². The summed E-state index contributed by atoms with van der Waals surface area (Å²) in [7, 11) is 0. The molecule has 0 spiro atoms. The van der Waals surface area contributed by atoms with E-state index in [9.17, 15) is 9.59 Å². The second kappa shape index (κ2) is 8.46. The van der Waals surface area contributed by atoms with E-state index in [0.29, 0.717) is 12.1 Å². The molecule has 0 radical (unpaired) electrons. The summed E-state index contributed by atoms with van der Waals surface area (Å²) in [5.41, 5.74) is 3.54. The van der Waals surface area contributed by atoms with Crippen molar-refractivity contribution in [1.82, 2.24) is 10.6 Å². The van der Waals surface area contributed by atoms with E-state index in [1.54, 1.807) is 12.1 Å². The molecule has 2 aromatic rings. The van der Waals surface area contributed by atoms with Gasteiger partial charge in [0, 0.05) is 12.1 Å². The Morgan fingerprint density at radius 2 is 1.79 bits per heavy atom. The summed E-state index contributed by atoms with van der Waals surface area (Å²) in [5, 5.41) is 5.88. The zero-order chi connectivity index (χ0) is 20.1. The minimum Gasteiger partial charge on any atom is -0.444 e. The molecule has 1 atom stereocenters. The van der Waals surface area contributed by atoms with E-state index in [1.165, 1.54) is 11.1 Å². The van der Waals surface area contributed by atoms with Crippen LogP contribution in [0.3, 0.4) is 0 Å². The van der Waals surface area contributed by atoms with Crippen LogP contribution in [0.25, 0.3) is 0 Å². The molecule has 0 aromatic heterocycles. The van der Waals surface area contributed by atoms with Crippen molar-refractivity contribution < 1.29 is 14.3 Å². The van der Waals surface area contributed by atoms with Gasteiger partial charge in [-0.1, -0.05) is 36.4 Å². The molecule has 2 aromatic carbocycles. The van der Waals surface area contributed by atoms with E-state index in [4.69, 9.17) is 4.74 Å². The van der Waals surface area contributed by atoms with Gasteiger partial charge >= 0.3 is 6.09 Å². The monoisotopic (exact) mass is 380 g/mol. The fourth-order valence-corrected chi connectivity index (χ4v) is 3.41. The summed E-state index contributed by atoms with van der Waals surface area (Å²) >= 11 is 0. The van der Waals surface area contributed by atoms with Crippen molar-refractivity contribution in [2.24, 2.45) is 0 Å². The number of ether oxygens (including phenoxy) is 1. The third kappa shape index (κ3) is 5.35. The molecule has 2 amide bonds. The number of fused-ring (bicyclic) bond motifs is 1. The summed E-state index contributed by atoms with van der Waals surface area (Å²) in [6.45, 7) is 5.83. The van der Waals surface area contributed by atoms with E-state index in [1.807, 2.05) is 45.0 Å². The number of alkyl carbamates (subject to hydrolysis) is 1. The highest BCUT2D eigenvalue weighted by Gasteiger charge is 2.22. The van der Waals surface area contributed by atoms with E-state index in [0.717, 1.165) is 24.8 Å². The summed E-state index contributed by atoms with van der Waals surface area (Å²) in [4.78, 5) is 24.4. The molecule has 0 saturated carbocycles. The maximum absolute atomic E-state index is 12.7. The van der Waals surface area contributed by atoms with E-state index in [-0.39, 0.29) is 11.9 Å². The Morgan fingerprint density at radius 1 is 1.07 bits per heavy atom. The first-order valence-electron chi connectivity index (χ1n) is 9.76. The number of aryl methyl sites for hydroxylation is 1. The van der Waals surface area contributed by atoms with Gasteiger partial charge in [0.25, 0.3) is 5.91 Å². The second-order valence-electron chi connectivity index (χ2n) is 8.17. The Bertz CT molecular complexity index is 838. The predicted molar refractivity (Wildman–Crippen MR) is 109 cm³/mol. The summed E-state index contributed by atoms with van der Waals surface area (Å²) < 4.78 is 5.22. The van der Waals surface area contributed by atoms with Gasteiger partial charge in [-0.15, -0.1) is 0 Å². The van der Waals surface area contributed by atoms with Gasteiger partial charge in [-0.05, 0) is 68.9 Å². The maximum Gasteiger partial charge on any atom is 0.407 e. The van der Waals surface area contributed by atoms with Gasteiger partial charge in [-0.25, -0.2) is 4.79 Å². The van der Waals surface area contributed by atoms with Gasteiger partial charge in [0.15, 0.2) is 0 Å². The quantitative estimate of drug-likeness (QED) is 0.819. The zero-order valence-corrected chi connectivity index (χ0v) is 16.7. The number of carbonyl (C=O) groups excluding carboxylic acids is 2. The van der Waals surface area contributed by atoms with E-state index >= 15 is 0 Å². The fourth-order valence-electron chi connectivity index (χ4n) is 3.41. The molecule has 1 aliphatic carbocycles. The van der Waals surface area contributed by atoms with Crippen LogP contribution in [0.2, 0.25) is 0 Å². The van der Waals surface area contributed by atoms with Crippen molar-refractivity contribution >= 4 is 12.0 Å². The van der Waals surface area contributed by atoms with Gasteiger partial charge in [0.05, 0.1) is 6.04 Å². The molecule has 0 bridgehead atoms. The largest absolute Gasteiger partial charge is 0.444 e. The molecule has 2 N–H and O–H groups in total. The number of nitrogens with one attached hydrogen (secondary N) is 2. The minimum atomic E-state index is -0.524. The predicted octanol–water partition coefficient (Wildman–Crippen LogP) is 4.52. The van der Waals surface area contributed by atoms with Gasteiger partial charge in [-0.2, -0.15) is 0 Å². The van der Waals surface area contributed by atoms with Crippen LogP contribution in [0.4, 0.5) is 4.79 Å². The van der Waals surface area contributed by atoms with Crippen LogP contribution < -0.4 is 10.6 Å². The molecule has 3 rings (SSSR count). The van der Waals surface area contributed by atoms with Crippen LogP contribution in [-0.4, -0.2) is 17.6 Å². The smallest absolute Gasteiger partial charge is 0.407 e. The minimum absolute atomic E-state index is 0.0611. The topological polar surface area (TPSA) is 67.4 Å². The molecule has 5 heteroatoms. The third-order valence-electron chi connectivity index (χ3n) is 4.73. The normalized spacial score (nSPS) is 16.0. The lowest BCUT2D eigenvalue weighted by Crippen LogP contribution is -2.32. The molecule has 5 nitrogen and oxygen atoms in total. The van der Waals surface area contributed by atoms with Crippen molar-refractivity contribution in [1.29, 1.82) is 0 Å². The maximum atomic E-state index is 12.7. The highest BCUT2D eigenvalue weighted by Crippen LogP contribution is 2.29. The summed E-state index contributed by atoms with van der Waals surface area (Å²) in [6.07, 6.45) is 2.66. The molecule has 0 heterocycles. The van der Waals surface area contributed by atoms with Gasteiger partial charge < -0.3 is 15.4 Å². The fraction of sp³-hybridized carbons (Fsp3) is 0.391. The van der Waals surface area contributed by atoms with Crippen LogP contribution in [0.15, 0.2) is 48.5 Å². The summed E-state index contributed by atoms with van der Waals surface area (Å²) in [5.74, 6) is -0.0756. The molecule has 0 saturated heterocycles. The highest BCUT2D eigenvalue weighted by atomic mass is 16.6. The number of carbonyl (C=O) groups is 2. The number of hydrogen-bond donors (Lipinski definition) is 2. The standard InChI is InChI=1S/C23H28N2O3/c1-23(2,3)28-22(27)24-15-16-11-13-18(14-12-16)21(26)25-20-10-6-8-17-7-4-5-9-19(17)20/h4-5,7,9,11-14,20H,6,8,10,15H2,1-3H3,(H,24,27)(H,25,26)/t20-/m1/s1. The van der Waals surface area contributed by atoms with Gasteiger partial charge in [-0.3, -0.25) is 4.79 Å². The van der Waals surface area contributed by atoms with Crippen molar-refractivity contribution in [3.8, 4) is 0 Å². The number of amides is 2. The molecule has 1 aliphatic rings. The molecule has 148 valence electrons. The average molecular weight is 380 g/mol. The van der Waals surface area contributed by atoms with Crippen molar-refractivity contribution in [3.05, 3.63) is 70.8 Å². The lowest BCUT2D eigenvalue weighted by Gasteiger charge is -2.26. The third-order valence-corrected chi connectivity index (χ3v) is 4.73. The lowest BCUT2D eigenvalue weighted by atomic mass is 9.87. The zero-order valence-electron chi connectivity index (χ0n) is 16.7. The Balaban J connectivity index is 1.57. The Labute approximate surface area is 166 Å². The first-order chi connectivity index (χ1) is 13.3. The highest BCUT2D eigenvalue weighted by molar-refractivity contribution is 5.94. The van der Waals surface area contributed by atoms with E-state index in [2.05, 4.69) is 22.8 Å². The SMILES string of the molecule is CC(C)(C)OC(=O)NCc1ccc(C(=O)N[C@@H]2CCCc3ccccc32)cc1. The van der Waals surface area contributed by atoms with E-state index < -0.39 is 11.7 Å². The lowest BCUT2D eigenvalue weighted by molar-refractivity contribution is 0.0523. The number of rotatable bonds is 4. The molecule has 28 heavy (non-hydrogen) atoms. The number of hydrogen-bond acceptors (Lipinski definition) is 3. The molecular weight excluding hydrogens is 352 g/mol. The number of benzene rings is 2. The first kappa shape index (κ1) is 19.9. The molecule has 0 fully saturated rings. The van der Waals surface area contributed by atoms with Crippen LogP contribution in [0.5, 0.6) is 0 Å².